The molecule has 1 unspecified atom stereocenters. The van der Waals surface area contributed by atoms with Crippen LogP contribution >= 0.6 is 0 Å². The van der Waals surface area contributed by atoms with Gasteiger partial charge in [-0.25, -0.2) is 8.78 Å². The Morgan fingerprint density at radius 3 is 2.79 bits per heavy atom. The molecule has 1 aliphatic heterocycles. The minimum atomic E-state index is -3.09. The van der Waals surface area contributed by atoms with Crippen LogP contribution < -0.4 is 0 Å². The second-order valence-corrected chi connectivity index (χ2v) is 4.53. The van der Waals surface area contributed by atoms with Crippen molar-refractivity contribution in [2.24, 2.45) is 5.10 Å². The lowest BCUT2D eigenvalue weighted by atomic mass is 10.1. The molecule has 0 aliphatic carbocycles. The zero-order chi connectivity index (χ0) is 14.2. The molecule has 1 N–H and O–H groups in total. The van der Waals surface area contributed by atoms with Crippen LogP contribution in [0.25, 0.3) is 0 Å². The molecule has 1 amide bonds. The van der Waals surface area contributed by atoms with Crippen LogP contribution in [0.5, 0.6) is 0 Å². The third-order valence-corrected chi connectivity index (χ3v) is 2.95. The number of hydrogen-bond acceptors (Lipinski definition) is 4. The number of aryl methyl sites for hydroxylation is 1. The Morgan fingerprint density at radius 1 is 1.58 bits per heavy atom. The first-order chi connectivity index (χ1) is 8.84. The Kier molecular flexibility index (Phi) is 3.36. The molecule has 0 bridgehead atoms. The number of alkyl halides is 2. The largest absolute Gasteiger partial charge is 0.364 e. The molecular weight excluding hydrogens is 258 g/mol. The summed E-state index contributed by atoms with van der Waals surface area (Å²) in [5, 5.41) is 17.9. The van der Waals surface area contributed by atoms with Crippen LogP contribution in [0, 0.1) is 6.92 Å². The van der Waals surface area contributed by atoms with Crippen LogP contribution in [0.1, 0.15) is 19.0 Å². The molecule has 6 nitrogen and oxygen atoms in total. The van der Waals surface area contributed by atoms with E-state index in [2.05, 4.69) is 10.2 Å². The molecule has 1 aliphatic rings. The van der Waals surface area contributed by atoms with Crippen LogP contribution in [0.3, 0.4) is 0 Å². The van der Waals surface area contributed by atoms with Crippen molar-refractivity contribution < 1.29 is 18.7 Å². The van der Waals surface area contributed by atoms with E-state index >= 15 is 0 Å². The van der Waals surface area contributed by atoms with Gasteiger partial charge in [-0.2, -0.15) is 15.2 Å². The van der Waals surface area contributed by atoms with E-state index in [0.717, 1.165) is 0 Å². The number of hydrogen-bond donors (Lipinski definition) is 1. The molecular formula is C11H14F2N4O2. The summed E-state index contributed by atoms with van der Waals surface area (Å²) in [6.45, 7) is 2.97. The van der Waals surface area contributed by atoms with Crippen molar-refractivity contribution in [1.82, 2.24) is 14.8 Å². The highest BCUT2D eigenvalue weighted by atomic mass is 19.3. The molecule has 2 heterocycles. The number of halogens is 2. The number of hydrazone groups is 1. The first-order valence-electron chi connectivity index (χ1n) is 5.70. The second-order valence-electron chi connectivity index (χ2n) is 4.53. The normalized spacial score (nSPS) is 23.1. The van der Waals surface area contributed by atoms with E-state index in [0.29, 0.717) is 10.7 Å². The van der Waals surface area contributed by atoms with Crippen molar-refractivity contribution in [3.63, 3.8) is 0 Å². The summed E-state index contributed by atoms with van der Waals surface area (Å²) in [6, 6.07) is 1.69. The number of carbonyl (C=O) groups excluding carboxylic acids is 1. The average Bonchev–Trinajstić information content (AvgIpc) is 2.84. The summed E-state index contributed by atoms with van der Waals surface area (Å²) >= 11 is 0. The van der Waals surface area contributed by atoms with E-state index in [-0.39, 0.29) is 18.7 Å². The number of rotatable bonds is 3. The Hall–Kier alpha value is -1.83. The molecule has 8 heteroatoms. The number of aliphatic hydroxyl groups is 1. The average molecular weight is 272 g/mol. The van der Waals surface area contributed by atoms with Crippen molar-refractivity contribution in [2.45, 2.75) is 39.0 Å². The van der Waals surface area contributed by atoms with Crippen LogP contribution in [0.4, 0.5) is 8.78 Å². The zero-order valence-electron chi connectivity index (χ0n) is 10.5. The quantitative estimate of drug-likeness (QED) is 0.882. The van der Waals surface area contributed by atoms with Crippen molar-refractivity contribution in [2.75, 3.05) is 0 Å². The van der Waals surface area contributed by atoms with E-state index < -0.39 is 18.1 Å². The molecule has 0 saturated carbocycles. The Balaban J connectivity index is 2.20. The fourth-order valence-electron chi connectivity index (χ4n) is 1.94. The molecule has 104 valence electrons. The summed E-state index contributed by atoms with van der Waals surface area (Å²) in [7, 11) is 0. The summed E-state index contributed by atoms with van der Waals surface area (Å²) in [6.07, 6.45) is -1.94. The first kappa shape index (κ1) is 13.6. The van der Waals surface area contributed by atoms with E-state index in [1.165, 1.54) is 17.8 Å². The third kappa shape index (κ3) is 2.35. The molecule has 1 atom stereocenters. The topological polar surface area (TPSA) is 70.7 Å². The molecule has 2 rings (SSSR count). The Morgan fingerprint density at radius 2 is 2.26 bits per heavy atom. The number of carbonyl (C=O) groups is 1. The fraction of sp³-hybridized carbons (Fsp3) is 0.545. The summed E-state index contributed by atoms with van der Waals surface area (Å²) in [5.74, 6) is -0.730. The Bertz CT molecular complexity index is 529. The van der Waals surface area contributed by atoms with E-state index in [4.69, 9.17) is 0 Å². The molecule has 0 aromatic carbocycles. The van der Waals surface area contributed by atoms with Gasteiger partial charge >= 0.3 is 0 Å². The molecule has 0 saturated heterocycles. The van der Waals surface area contributed by atoms with Gasteiger partial charge in [-0.3, -0.25) is 9.48 Å². The van der Waals surface area contributed by atoms with Crippen molar-refractivity contribution >= 4 is 11.6 Å². The molecule has 0 spiro atoms. The maximum absolute atomic E-state index is 12.9. The highest BCUT2D eigenvalue weighted by Crippen LogP contribution is 2.31. The van der Waals surface area contributed by atoms with Gasteiger partial charge < -0.3 is 5.11 Å². The van der Waals surface area contributed by atoms with Gasteiger partial charge in [-0.05, 0) is 19.9 Å². The monoisotopic (exact) mass is 272 g/mol. The van der Waals surface area contributed by atoms with E-state index in [9.17, 15) is 18.7 Å². The highest BCUT2D eigenvalue weighted by Gasteiger charge is 2.50. The van der Waals surface area contributed by atoms with Crippen molar-refractivity contribution in [3.05, 3.63) is 18.0 Å². The molecule has 0 fully saturated rings. The van der Waals surface area contributed by atoms with Crippen LogP contribution in [0.15, 0.2) is 17.4 Å². The minimum Gasteiger partial charge on any atom is -0.364 e. The van der Waals surface area contributed by atoms with E-state index in [1.807, 2.05) is 0 Å². The second kappa shape index (κ2) is 4.69. The van der Waals surface area contributed by atoms with Gasteiger partial charge in [-0.1, -0.05) is 0 Å². The third-order valence-electron chi connectivity index (χ3n) is 2.95. The highest BCUT2D eigenvalue weighted by molar-refractivity contribution is 5.88. The summed E-state index contributed by atoms with van der Waals surface area (Å²) in [5.41, 5.74) is -1.55. The fourth-order valence-corrected chi connectivity index (χ4v) is 1.94. The summed E-state index contributed by atoms with van der Waals surface area (Å²) in [4.78, 5) is 12.0. The standard InChI is InChI=1S/C11H14F2N4O2/c1-7-5-11(19,10(12)13)17(15-7)9(18)6-16-8(2)3-4-14-16/h3-4,10,19H,5-6H2,1-2H3. The predicted molar refractivity (Wildman–Crippen MR) is 62.5 cm³/mol. The van der Waals surface area contributed by atoms with Crippen LogP contribution in [-0.2, 0) is 11.3 Å². The maximum atomic E-state index is 12.9. The zero-order valence-corrected chi connectivity index (χ0v) is 10.5. The lowest BCUT2D eigenvalue weighted by Gasteiger charge is -2.30. The Labute approximate surface area is 108 Å². The minimum absolute atomic E-state index is 0.245. The summed E-state index contributed by atoms with van der Waals surface area (Å²) < 4.78 is 27.2. The van der Waals surface area contributed by atoms with Crippen LogP contribution in [0.2, 0.25) is 0 Å². The van der Waals surface area contributed by atoms with Crippen molar-refractivity contribution in [3.8, 4) is 0 Å². The van der Waals surface area contributed by atoms with Gasteiger partial charge in [0.2, 0.25) is 5.72 Å². The van der Waals surface area contributed by atoms with Gasteiger partial charge in [0.1, 0.15) is 6.54 Å². The van der Waals surface area contributed by atoms with Gasteiger partial charge in [0.15, 0.2) is 0 Å². The maximum Gasteiger partial charge on any atom is 0.287 e. The van der Waals surface area contributed by atoms with Gasteiger partial charge in [-0.15, -0.1) is 0 Å². The number of aromatic nitrogens is 2. The lowest BCUT2D eigenvalue weighted by Crippen LogP contribution is -2.52. The number of amides is 1. The van der Waals surface area contributed by atoms with Gasteiger partial charge in [0.05, 0.1) is 0 Å². The molecule has 1 aromatic rings. The van der Waals surface area contributed by atoms with E-state index in [1.54, 1.807) is 13.0 Å². The van der Waals surface area contributed by atoms with Gasteiger partial charge in [0.25, 0.3) is 12.3 Å². The number of nitrogens with zero attached hydrogens (tertiary/aromatic N) is 4. The SMILES string of the molecule is CC1=NN(C(=O)Cn2nccc2C)C(O)(C(F)F)C1. The van der Waals surface area contributed by atoms with Crippen molar-refractivity contribution in [1.29, 1.82) is 0 Å². The van der Waals surface area contributed by atoms with Gasteiger partial charge in [0, 0.05) is 24.0 Å². The molecule has 0 radical (unpaired) electrons. The van der Waals surface area contributed by atoms with Crippen LogP contribution in [-0.4, -0.2) is 43.7 Å². The molecule has 1 aromatic heterocycles. The first-order valence-corrected chi connectivity index (χ1v) is 5.70. The smallest absolute Gasteiger partial charge is 0.287 e. The predicted octanol–water partition coefficient (Wildman–Crippen LogP) is 0.753. The lowest BCUT2D eigenvalue weighted by molar-refractivity contribution is -0.192. The molecule has 19 heavy (non-hydrogen) atoms.